The SMILES string of the molecule is COc1ccc(CN2CC[C@@H](NCCCN(C)C)[C@H](O)C2)cc1. The molecule has 0 spiro atoms. The van der Waals surface area contributed by atoms with Gasteiger partial charge in [-0.05, 0) is 57.7 Å². The van der Waals surface area contributed by atoms with Crippen molar-refractivity contribution in [2.45, 2.75) is 31.5 Å². The lowest BCUT2D eigenvalue weighted by Crippen LogP contribution is -2.52. The van der Waals surface area contributed by atoms with E-state index in [-0.39, 0.29) is 12.1 Å². The van der Waals surface area contributed by atoms with Gasteiger partial charge in [-0.2, -0.15) is 0 Å². The van der Waals surface area contributed by atoms with E-state index in [1.54, 1.807) is 7.11 Å². The van der Waals surface area contributed by atoms with Gasteiger partial charge >= 0.3 is 0 Å². The van der Waals surface area contributed by atoms with Gasteiger partial charge in [-0.3, -0.25) is 4.90 Å². The molecule has 2 N–H and O–H groups in total. The van der Waals surface area contributed by atoms with Crippen LogP contribution in [0.3, 0.4) is 0 Å². The Hall–Kier alpha value is -1.14. The molecule has 0 bridgehead atoms. The molecule has 0 amide bonds. The molecule has 0 radical (unpaired) electrons. The number of likely N-dealkylation sites (tertiary alicyclic amines) is 1. The van der Waals surface area contributed by atoms with Crippen LogP contribution in [0.25, 0.3) is 0 Å². The van der Waals surface area contributed by atoms with Gasteiger partial charge in [0.25, 0.3) is 0 Å². The molecule has 5 heteroatoms. The lowest BCUT2D eigenvalue weighted by Gasteiger charge is -2.36. The first-order valence-electron chi connectivity index (χ1n) is 8.50. The van der Waals surface area contributed by atoms with Crippen LogP contribution in [0.15, 0.2) is 24.3 Å². The summed E-state index contributed by atoms with van der Waals surface area (Å²) in [7, 11) is 5.86. The van der Waals surface area contributed by atoms with Gasteiger partial charge in [-0.15, -0.1) is 0 Å². The van der Waals surface area contributed by atoms with Crippen LogP contribution in [0.5, 0.6) is 5.75 Å². The summed E-state index contributed by atoms with van der Waals surface area (Å²) in [5, 5.41) is 13.9. The first-order chi connectivity index (χ1) is 11.1. The third kappa shape index (κ3) is 6.11. The minimum Gasteiger partial charge on any atom is -0.497 e. The van der Waals surface area contributed by atoms with Crippen molar-refractivity contribution >= 4 is 0 Å². The van der Waals surface area contributed by atoms with Crippen molar-refractivity contribution in [2.75, 3.05) is 47.4 Å². The standard InChI is InChI=1S/C18H31N3O2/c1-20(2)11-4-10-19-17-9-12-21(14-18(17)22)13-15-5-7-16(23-3)8-6-15/h5-8,17-19,22H,4,9-14H2,1-3H3/t17-,18-/m1/s1. The molecule has 23 heavy (non-hydrogen) atoms. The topological polar surface area (TPSA) is 48.0 Å². The average molecular weight is 321 g/mol. The minimum atomic E-state index is -0.290. The normalized spacial score (nSPS) is 22.5. The first-order valence-corrected chi connectivity index (χ1v) is 8.50. The molecule has 2 rings (SSSR count). The highest BCUT2D eigenvalue weighted by atomic mass is 16.5. The molecule has 0 saturated carbocycles. The lowest BCUT2D eigenvalue weighted by molar-refractivity contribution is 0.0370. The van der Waals surface area contributed by atoms with E-state index >= 15 is 0 Å². The molecular formula is C18H31N3O2. The number of hydrogen-bond acceptors (Lipinski definition) is 5. The zero-order chi connectivity index (χ0) is 16.7. The van der Waals surface area contributed by atoms with Crippen LogP contribution in [0, 0.1) is 0 Å². The van der Waals surface area contributed by atoms with Crippen molar-refractivity contribution in [3.05, 3.63) is 29.8 Å². The highest BCUT2D eigenvalue weighted by Crippen LogP contribution is 2.17. The largest absolute Gasteiger partial charge is 0.497 e. The van der Waals surface area contributed by atoms with Crippen LogP contribution in [-0.2, 0) is 6.54 Å². The Morgan fingerprint density at radius 1 is 1.30 bits per heavy atom. The van der Waals surface area contributed by atoms with Crippen LogP contribution in [0.2, 0.25) is 0 Å². The molecule has 0 unspecified atom stereocenters. The zero-order valence-corrected chi connectivity index (χ0v) is 14.7. The lowest BCUT2D eigenvalue weighted by atomic mass is 10.0. The molecule has 1 heterocycles. The van der Waals surface area contributed by atoms with Crippen molar-refractivity contribution < 1.29 is 9.84 Å². The summed E-state index contributed by atoms with van der Waals surface area (Å²) >= 11 is 0. The van der Waals surface area contributed by atoms with E-state index in [1.807, 2.05) is 12.1 Å². The maximum atomic E-state index is 10.4. The molecule has 1 aliphatic heterocycles. The number of hydrogen-bond donors (Lipinski definition) is 2. The molecule has 1 aromatic carbocycles. The maximum Gasteiger partial charge on any atom is 0.118 e. The van der Waals surface area contributed by atoms with Crippen LogP contribution in [0.4, 0.5) is 0 Å². The molecule has 5 nitrogen and oxygen atoms in total. The van der Waals surface area contributed by atoms with E-state index < -0.39 is 0 Å². The summed E-state index contributed by atoms with van der Waals surface area (Å²) in [6, 6.07) is 8.40. The number of piperidine rings is 1. The number of aliphatic hydroxyl groups excluding tert-OH is 1. The number of benzene rings is 1. The van der Waals surface area contributed by atoms with Gasteiger partial charge in [-0.1, -0.05) is 12.1 Å². The Labute approximate surface area is 140 Å². The fourth-order valence-electron chi connectivity index (χ4n) is 3.05. The van der Waals surface area contributed by atoms with Gasteiger partial charge in [0, 0.05) is 25.7 Å². The average Bonchev–Trinajstić information content (AvgIpc) is 2.54. The Morgan fingerprint density at radius 2 is 2.04 bits per heavy atom. The number of β-amino-alcohol motifs (C(OH)–C–C–N with tert-alkyl or cyclic N) is 1. The Morgan fingerprint density at radius 3 is 2.65 bits per heavy atom. The monoisotopic (exact) mass is 321 g/mol. The molecule has 0 aromatic heterocycles. The van der Waals surface area contributed by atoms with E-state index in [0.717, 1.165) is 51.3 Å². The minimum absolute atomic E-state index is 0.226. The van der Waals surface area contributed by atoms with Crippen molar-refractivity contribution in [3.8, 4) is 5.75 Å². The van der Waals surface area contributed by atoms with Gasteiger partial charge in [0.15, 0.2) is 0 Å². The maximum absolute atomic E-state index is 10.4. The van der Waals surface area contributed by atoms with Crippen molar-refractivity contribution in [3.63, 3.8) is 0 Å². The number of aliphatic hydroxyl groups is 1. The molecule has 1 aromatic rings. The number of nitrogens with one attached hydrogen (secondary N) is 1. The molecule has 1 saturated heterocycles. The predicted octanol–water partition coefficient (Wildman–Crippen LogP) is 1.17. The van der Waals surface area contributed by atoms with E-state index in [9.17, 15) is 5.11 Å². The second kappa shape index (κ2) is 9.23. The molecular weight excluding hydrogens is 290 g/mol. The van der Waals surface area contributed by atoms with E-state index in [4.69, 9.17) is 4.74 Å². The van der Waals surface area contributed by atoms with Crippen LogP contribution >= 0.6 is 0 Å². The number of nitrogens with zero attached hydrogens (tertiary/aromatic N) is 2. The van der Waals surface area contributed by atoms with Crippen molar-refractivity contribution in [2.24, 2.45) is 0 Å². The third-order valence-corrected chi connectivity index (χ3v) is 4.42. The number of methoxy groups -OCH3 is 1. The summed E-state index contributed by atoms with van der Waals surface area (Å²) in [5.74, 6) is 0.884. The van der Waals surface area contributed by atoms with E-state index in [1.165, 1.54) is 5.56 Å². The quantitative estimate of drug-likeness (QED) is 0.704. The molecule has 0 aliphatic carbocycles. The predicted molar refractivity (Wildman–Crippen MR) is 93.9 cm³/mol. The van der Waals surface area contributed by atoms with Gasteiger partial charge < -0.3 is 20.1 Å². The van der Waals surface area contributed by atoms with Crippen LogP contribution in [-0.4, -0.2) is 74.4 Å². The molecule has 1 fully saturated rings. The van der Waals surface area contributed by atoms with Gasteiger partial charge in [0.1, 0.15) is 5.75 Å². The highest BCUT2D eigenvalue weighted by Gasteiger charge is 2.26. The summed E-state index contributed by atoms with van der Waals surface area (Å²) in [6.07, 6.45) is 1.83. The van der Waals surface area contributed by atoms with Gasteiger partial charge in [0.05, 0.1) is 13.2 Å². The van der Waals surface area contributed by atoms with Crippen molar-refractivity contribution in [1.29, 1.82) is 0 Å². The first kappa shape index (κ1) is 18.2. The summed E-state index contributed by atoms with van der Waals surface area (Å²) in [5.41, 5.74) is 1.26. The second-order valence-corrected chi connectivity index (χ2v) is 6.66. The number of ether oxygens (including phenoxy) is 1. The Kier molecular flexibility index (Phi) is 7.30. The second-order valence-electron chi connectivity index (χ2n) is 6.66. The van der Waals surface area contributed by atoms with Gasteiger partial charge in [-0.25, -0.2) is 0 Å². The summed E-state index contributed by atoms with van der Waals surface area (Å²) < 4.78 is 5.19. The molecule has 130 valence electrons. The third-order valence-electron chi connectivity index (χ3n) is 4.42. The molecule has 2 atom stereocenters. The van der Waals surface area contributed by atoms with Gasteiger partial charge in [0.2, 0.25) is 0 Å². The zero-order valence-electron chi connectivity index (χ0n) is 14.7. The van der Waals surface area contributed by atoms with E-state index in [0.29, 0.717) is 0 Å². The van der Waals surface area contributed by atoms with Crippen LogP contribution < -0.4 is 10.1 Å². The fraction of sp³-hybridized carbons (Fsp3) is 0.667. The number of rotatable bonds is 8. The van der Waals surface area contributed by atoms with Crippen LogP contribution in [0.1, 0.15) is 18.4 Å². The Bertz CT molecular complexity index is 450. The van der Waals surface area contributed by atoms with Crippen molar-refractivity contribution in [1.82, 2.24) is 15.1 Å². The smallest absolute Gasteiger partial charge is 0.118 e. The summed E-state index contributed by atoms with van der Waals surface area (Å²) in [4.78, 5) is 4.51. The Balaban J connectivity index is 1.72. The van der Waals surface area contributed by atoms with E-state index in [2.05, 4.69) is 41.3 Å². The molecule has 1 aliphatic rings. The summed E-state index contributed by atoms with van der Waals surface area (Å²) in [6.45, 7) is 4.69. The highest BCUT2D eigenvalue weighted by molar-refractivity contribution is 5.27. The fourth-order valence-corrected chi connectivity index (χ4v) is 3.05.